The average molecular weight is 426 g/mol. The van der Waals surface area contributed by atoms with Crippen molar-refractivity contribution in [3.05, 3.63) is 47.4 Å². The summed E-state index contributed by atoms with van der Waals surface area (Å²) in [5.41, 5.74) is 6.16. The predicted molar refractivity (Wildman–Crippen MR) is 115 cm³/mol. The largest absolute Gasteiger partial charge is 0.502 e. The monoisotopic (exact) mass is 426 g/mol. The van der Waals surface area contributed by atoms with E-state index in [1.165, 1.54) is 46.6 Å². The number of phenolic OH excluding ortho intramolecular Hbond substituents is 1. The minimum atomic E-state index is -0.459. The Morgan fingerprint density at radius 3 is 2.13 bits per heavy atom. The third-order valence-corrected chi connectivity index (χ3v) is 4.77. The third-order valence-electron chi connectivity index (χ3n) is 4.77. The van der Waals surface area contributed by atoms with Gasteiger partial charge in [0.15, 0.2) is 28.6 Å². The van der Waals surface area contributed by atoms with Crippen LogP contribution in [0, 0.1) is 5.41 Å². The molecule has 3 aromatic rings. The molecule has 0 fully saturated rings. The number of benzene rings is 2. The van der Waals surface area contributed by atoms with E-state index in [2.05, 4.69) is 0 Å². The van der Waals surface area contributed by atoms with Crippen molar-refractivity contribution in [1.29, 1.82) is 5.41 Å². The third kappa shape index (κ3) is 3.50. The molecule has 0 saturated heterocycles. The molecule has 0 radical (unpaired) electrons. The van der Waals surface area contributed by atoms with Crippen LogP contribution in [0.2, 0.25) is 0 Å². The second-order valence-corrected chi connectivity index (χ2v) is 6.31. The number of phenols is 1. The summed E-state index contributed by atoms with van der Waals surface area (Å²) in [6, 6.07) is 6.11. The van der Waals surface area contributed by atoms with Crippen molar-refractivity contribution >= 4 is 28.5 Å². The Labute approximate surface area is 178 Å². The van der Waals surface area contributed by atoms with Crippen molar-refractivity contribution in [1.82, 2.24) is 0 Å². The topological polar surface area (TPSA) is 137 Å². The number of carbonyl (C=O) groups is 1. The van der Waals surface area contributed by atoms with Gasteiger partial charge in [0, 0.05) is 23.4 Å². The zero-order chi connectivity index (χ0) is 22.7. The first-order valence-electron chi connectivity index (χ1n) is 9.05. The first-order chi connectivity index (χ1) is 14.9. The molecule has 0 aliphatic rings. The Hall–Kier alpha value is -4.14. The van der Waals surface area contributed by atoms with E-state index in [-0.39, 0.29) is 39.5 Å². The molecule has 0 unspecified atom stereocenters. The second kappa shape index (κ2) is 8.70. The van der Waals surface area contributed by atoms with E-state index in [0.29, 0.717) is 22.6 Å². The van der Waals surface area contributed by atoms with E-state index in [9.17, 15) is 9.90 Å². The molecular weight excluding hydrogens is 404 g/mol. The van der Waals surface area contributed by atoms with Gasteiger partial charge in [-0.05, 0) is 24.3 Å². The molecular formula is C22H22N2O7. The highest BCUT2D eigenvalue weighted by atomic mass is 16.5. The number of allylic oxidation sites excluding steroid dienone is 1. The molecule has 162 valence electrons. The molecule has 0 atom stereocenters. The zero-order valence-corrected chi connectivity index (χ0v) is 17.4. The van der Waals surface area contributed by atoms with Gasteiger partial charge in [0.05, 0.1) is 39.6 Å². The van der Waals surface area contributed by atoms with Crippen molar-refractivity contribution in [2.75, 3.05) is 28.4 Å². The summed E-state index contributed by atoms with van der Waals surface area (Å²) in [6.45, 7) is 0. The summed E-state index contributed by atoms with van der Waals surface area (Å²) in [7, 11) is 5.75. The number of hydrogen-bond donors (Lipinski definition) is 3. The van der Waals surface area contributed by atoms with Crippen LogP contribution < -0.4 is 24.7 Å². The highest BCUT2D eigenvalue weighted by molar-refractivity contribution is 6.22. The number of aromatic hydroxyl groups is 1. The zero-order valence-electron chi connectivity index (χ0n) is 17.4. The maximum absolute atomic E-state index is 13.6. The van der Waals surface area contributed by atoms with E-state index < -0.39 is 5.78 Å². The Bertz CT molecular complexity index is 1170. The summed E-state index contributed by atoms with van der Waals surface area (Å²) in [4.78, 5) is 13.6. The smallest absolute Gasteiger partial charge is 0.203 e. The number of rotatable bonds is 8. The van der Waals surface area contributed by atoms with Crippen LogP contribution in [0.25, 0.3) is 16.5 Å². The molecule has 9 heteroatoms. The highest BCUT2D eigenvalue weighted by Gasteiger charge is 2.28. The molecule has 1 aromatic heterocycles. The Kier molecular flexibility index (Phi) is 6.05. The Morgan fingerprint density at radius 2 is 1.65 bits per heavy atom. The fourth-order valence-corrected chi connectivity index (χ4v) is 3.27. The van der Waals surface area contributed by atoms with Crippen LogP contribution in [0.3, 0.4) is 0 Å². The van der Waals surface area contributed by atoms with Crippen molar-refractivity contribution < 1.29 is 33.3 Å². The molecule has 1 heterocycles. The lowest BCUT2D eigenvalue weighted by Crippen LogP contribution is -2.06. The van der Waals surface area contributed by atoms with Crippen molar-refractivity contribution in [3.8, 4) is 28.7 Å². The van der Waals surface area contributed by atoms with Crippen LogP contribution in [0.1, 0.15) is 21.7 Å². The second-order valence-electron chi connectivity index (χ2n) is 6.31. The standard InChI is InChI=1S/C22H22N2O7/c1-27-14-6-5-13-17(20(12(9-23)10-24)31-21(13)19(14)26)18(25)11-7-15(28-2)22(30-4)16(8-11)29-3/h5-10,23,26H,24H2,1-4H3/b12-10+,23-9?. The van der Waals surface area contributed by atoms with Gasteiger partial charge in [-0.15, -0.1) is 0 Å². The van der Waals surface area contributed by atoms with Crippen LogP contribution in [-0.2, 0) is 0 Å². The molecule has 0 aliphatic heterocycles. The molecule has 0 amide bonds. The number of hydrogen-bond acceptors (Lipinski definition) is 9. The molecule has 3 rings (SSSR count). The molecule has 0 spiro atoms. The minimum absolute atomic E-state index is 0.0336. The number of carbonyl (C=O) groups excluding carboxylic acids is 1. The van der Waals surface area contributed by atoms with Crippen molar-refractivity contribution in [2.45, 2.75) is 0 Å². The van der Waals surface area contributed by atoms with E-state index in [0.717, 1.165) is 12.4 Å². The maximum Gasteiger partial charge on any atom is 0.203 e. The number of ketones is 1. The lowest BCUT2D eigenvalue weighted by Gasteiger charge is -2.14. The molecule has 4 N–H and O–H groups in total. The predicted octanol–water partition coefficient (Wildman–Crippen LogP) is 3.35. The van der Waals surface area contributed by atoms with Gasteiger partial charge in [-0.1, -0.05) is 0 Å². The van der Waals surface area contributed by atoms with Crippen LogP contribution in [-0.4, -0.2) is 45.5 Å². The van der Waals surface area contributed by atoms with Crippen LogP contribution in [0.5, 0.6) is 28.7 Å². The molecule has 0 aliphatic carbocycles. The van der Waals surface area contributed by atoms with Crippen molar-refractivity contribution in [3.63, 3.8) is 0 Å². The highest BCUT2D eigenvalue weighted by Crippen LogP contribution is 2.43. The number of methoxy groups -OCH3 is 4. The quantitative estimate of drug-likeness (QED) is 0.368. The summed E-state index contributed by atoms with van der Waals surface area (Å²) in [5.74, 6) is 0.410. The Balaban J connectivity index is 2.33. The molecule has 0 bridgehead atoms. The number of nitrogens with one attached hydrogen (secondary N) is 1. The normalized spacial score (nSPS) is 11.3. The number of fused-ring (bicyclic) bond motifs is 1. The summed E-state index contributed by atoms with van der Waals surface area (Å²) < 4.78 is 26.9. The van der Waals surface area contributed by atoms with Crippen LogP contribution in [0.4, 0.5) is 0 Å². The molecule has 0 saturated carbocycles. The van der Waals surface area contributed by atoms with E-state index >= 15 is 0 Å². The molecule has 2 aromatic carbocycles. The Morgan fingerprint density at radius 1 is 1.03 bits per heavy atom. The van der Waals surface area contributed by atoms with Gasteiger partial charge in [0.25, 0.3) is 0 Å². The number of ether oxygens (including phenoxy) is 4. The van der Waals surface area contributed by atoms with Gasteiger partial charge < -0.3 is 39.6 Å². The maximum atomic E-state index is 13.6. The first kappa shape index (κ1) is 21.6. The van der Waals surface area contributed by atoms with Crippen LogP contribution in [0.15, 0.2) is 34.9 Å². The number of nitrogens with two attached hydrogens (primary N) is 1. The lowest BCUT2D eigenvalue weighted by molar-refractivity contribution is 0.103. The fraction of sp³-hybridized carbons (Fsp3) is 0.182. The van der Waals surface area contributed by atoms with Gasteiger partial charge in [-0.3, -0.25) is 4.79 Å². The number of furan rings is 1. The van der Waals surface area contributed by atoms with Gasteiger partial charge in [-0.25, -0.2) is 0 Å². The van der Waals surface area contributed by atoms with Crippen molar-refractivity contribution in [2.24, 2.45) is 5.73 Å². The minimum Gasteiger partial charge on any atom is -0.502 e. The van der Waals surface area contributed by atoms with E-state index in [4.69, 9.17) is 34.5 Å². The molecule has 31 heavy (non-hydrogen) atoms. The van der Waals surface area contributed by atoms with E-state index in [1.54, 1.807) is 6.07 Å². The summed E-state index contributed by atoms with van der Waals surface area (Å²) in [5, 5.41) is 18.5. The molecule has 9 nitrogen and oxygen atoms in total. The SMILES string of the molecule is COc1cc(C(=O)c2c(/C(C=N)=C/N)oc3c(O)c(OC)ccc23)cc(OC)c1OC. The first-order valence-corrected chi connectivity index (χ1v) is 9.05. The van der Waals surface area contributed by atoms with Crippen LogP contribution >= 0.6 is 0 Å². The summed E-state index contributed by atoms with van der Waals surface area (Å²) in [6.07, 6.45) is 2.10. The van der Waals surface area contributed by atoms with Gasteiger partial charge >= 0.3 is 0 Å². The summed E-state index contributed by atoms with van der Waals surface area (Å²) >= 11 is 0. The average Bonchev–Trinajstić information content (AvgIpc) is 3.18. The van der Waals surface area contributed by atoms with E-state index in [1.807, 2.05) is 0 Å². The van der Waals surface area contributed by atoms with Gasteiger partial charge in [0.2, 0.25) is 11.5 Å². The fourth-order valence-electron chi connectivity index (χ4n) is 3.27. The van der Waals surface area contributed by atoms with Gasteiger partial charge in [0.1, 0.15) is 5.76 Å². The van der Waals surface area contributed by atoms with Gasteiger partial charge in [-0.2, -0.15) is 0 Å². The lowest BCUT2D eigenvalue weighted by atomic mass is 9.97.